The standard InChI is InChI=1S/C34H54O14/c1-36-8-11-39-14-17-42-20-23-45-32-26-29(28-48-31-6-4-30(35)5-7-31)27-33(46-24-21-43-18-15-40-12-9-37-2)34(32)47-25-22-44-19-16-41-13-10-38-3/h4-7,26-27,35H,8-25,28H2,1-3H3. The molecule has 0 bridgehead atoms. The molecule has 0 unspecified atom stereocenters. The fourth-order valence-corrected chi connectivity index (χ4v) is 3.80. The van der Waals surface area contributed by atoms with E-state index in [1.54, 1.807) is 45.6 Å². The van der Waals surface area contributed by atoms with Gasteiger partial charge in [-0.1, -0.05) is 0 Å². The summed E-state index contributed by atoms with van der Waals surface area (Å²) >= 11 is 0. The molecule has 0 aliphatic heterocycles. The van der Waals surface area contributed by atoms with E-state index >= 15 is 0 Å². The van der Waals surface area contributed by atoms with Crippen molar-refractivity contribution in [3.8, 4) is 28.7 Å². The zero-order valence-electron chi connectivity index (χ0n) is 28.7. The van der Waals surface area contributed by atoms with Crippen LogP contribution in [-0.4, -0.2) is 145 Å². The van der Waals surface area contributed by atoms with Gasteiger partial charge in [-0.3, -0.25) is 0 Å². The number of hydrogen-bond donors (Lipinski definition) is 1. The van der Waals surface area contributed by atoms with E-state index in [0.717, 1.165) is 5.56 Å². The maximum Gasteiger partial charge on any atom is 0.203 e. The number of ether oxygens (including phenoxy) is 13. The van der Waals surface area contributed by atoms with Gasteiger partial charge in [-0.15, -0.1) is 0 Å². The predicted molar refractivity (Wildman–Crippen MR) is 176 cm³/mol. The van der Waals surface area contributed by atoms with Crippen molar-refractivity contribution in [3.05, 3.63) is 42.0 Å². The third-order valence-corrected chi connectivity index (χ3v) is 6.18. The molecule has 0 aromatic heterocycles. The first-order valence-electron chi connectivity index (χ1n) is 16.1. The van der Waals surface area contributed by atoms with Crippen molar-refractivity contribution >= 4 is 0 Å². The average Bonchev–Trinajstić information content (AvgIpc) is 3.10. The van der Waals surface area contributed by atoms with Crippen LogP contribution >= 0.6 is 0 Å². The number of hydrogen-bond acceptors (Lipinski definition) is 14. The highest BCUT2D eigenvalue weighted by Gasteiger charge is 2.17. The fraction of sp³-hybridized carbons (Fsp3) is 0.647. The first kappa shape index (κ1) is 41.3. The van der Waals surface area contributed by atoms with Gasteiger partial charge < -0.3 is 66.7 Å². The molecule has 0 saturated carbocycles. The minimum Gasteiger partial charge on any atom is -0.508 e. The SMILES string of the molecule is COCCOCCOCCOc1cc(COc2ccc(O)cc2)cc(OCCOCCOCCOC)c1OCCOCCOCCOC. The second-order valence-corrected chi connectivity index (χ2v) is 9.90. The molecule has 14 heteroatoms. The minimum atomic E-state index is 0.158. The van der Waals surface area contributed by atoms with Crippen molar-refractivity contribution in [2.75, 3.05) is 140 Å². The van der Waals surface area contributed by atoms with Crippen LogP contribution in [0, 0.1) is 0 Å². The van der Waals surface area contributed by atoms with Gasteiger partial charge in [-0.2, -0.15) is 0 Å². The number of methoxy groups -OCH3 is 3. The summed E-state index contributed by atoms with van der Waals surface area (Å²) in [5, 5.41) is 9.61. The Labute approximate surface area is 284 Å². The maximum atomic E-state index is 9.61. The van der Waals surface area contributed by atoms with Crippen LogP contribution in [0.1, 0.15) is 5.56 Å². The molecule has 14 nitrogen and oxygen atoms in total. The molecule has 2 aromatic carbocycles. The van der Waals surface area contributed by atoms with E-state index < -0.39 is 0 Å². The quantitative estimate of drug-likeness (QED) is 0.110. The Morgan fingerprint density at radius 1 is 0.417 bits per heavy atom. The molecule has 274 valence electrons. The average molecular weight is 687 g/mol. The lowest BCUT2D eigenvalue weighted by atomic mass is 10.2. The molecular formula is C34H54O14. The third kappa shape index (κ3) is 20.4. The lowest BCUT2D eigenvalue weighted by molar-refractivity contribution is 0.0146. The van der Waals surface area contributed by atoms with Gasteiger partial charge in [0.05, 0.1) is 99.1 Å². The summed E-state index contributed by atoms with van der Waals surface area (Å²) in [6, 6.07) is 10.2. The molecule has 2 rings (SSSR count). The maximum absolute atomic E-state index is 9.61. The van der Waals surface area contributed by atoms with Crippen LogP contribution in [0.5, 0.6) is 28.7 Å². The molecule has 48 heavy (non-hydrogen) atoms. The highest BCUT2D eigenvalue weighted by molar-refractivity contribution is 5.54. The highest BCUT2D eigenvalue weighted by Crippen LogP contribution is 2.39. The summed E-state index contributed by atoms with van der Waals surface area (Å²) in [4.78, 5) is 0. The molecule has 2 aromatic rings. The van der Waals surface area contributed by atoms with Gasteiger partial charge in [0.1, 0.15) is 37.9 Å². The Bertz CT molecular complexity index is 980. The topological polar surface area (TPSA) is 140 Å². The van der Waals surface area contributed by atoms with E-state index in [0.29, 0.717) is 122 Å². The Morgan fingerprint density at radius 3 is 1.17 bits per heavy atom. The Kier molecular flexibility index (Phi) is 25.0. The van der Waals surface area contributed by atoms with Crippen molar-refractivity contribution in [2.24, 2.45) is 0 Å². The van der Waals surface area contributed by atoms with Gasteiger partial charge in [-0.05, 0) is 42.0 Å². The summed E-state index contributed by atoms with van der Waals surface area (Å²) in [6.45, 7) is 7.77. The van der Waals surface area contributed by atoms with Crippen LogP contribution in [0.15, 0.2) is 36.4 Å². The molecular weight excluding hydrogens is 632 g/mol. The smallest absolute Gasteiger partial charge is 0.203 e. The molecule has 0 atom stereocenters. The summed E-state index contributed by atoms with van der Waals surface area (Å²) in [5.41, 5.74) is 0.782. The van der Waals surface area contributed by atoms with E-state index in [9.17, 15) is 5.11 Å². The van der Waals surface area contributed by atoms with Crippen molar-refractivity contribution in [3.63, 3.8) is 0 Å². The summed E-state index contributed by atoms with van der Waals surface area (Å²) in [5.74, 6) is 2.11. The second kappa shape index (κ2) is 29.0. The van der Waals surface area contributed by atoms with Gasteiger partial charge in [0.15, 0.2) is 11.5 Å². The Balaban J connectivity index is 2.05. The molecule has 0 spiro atoms. The van der Waals surface area contributed by atoms with E-state index in [2.05, 4.69) is 0 Å². The van der Waals surface area contributed by atoms with E-state index in [1.165, 1.54) is 0 Å². The zero-order chi connectivity index (χ0) is 34.3. The number of aromatic hydroxyl groups is 1. The fourth-order valence-electron chi connectivity index (χ4n) is 3.80. The Morgan fingerprint density at radius 2 is 0.771 bits per heavy atom. The molecule has 1 N–H and O–H groups in total. The first-order chi connectivity index (χ1) is 23.7. The lowest BCUT2D eigenvalue weighted by Gasteiger charge is -2.19. The van der Waals surface area contributed by atoms with Crippen LogP contribution in [0.2, 0.25) is 0 Å². The largest absolute Gasteiger partial charge is 0.508 e. The first-order valence-corrected chi connectivity index (χ1v) is 16.1. The predicted octanol–water partition coefficient (Wildman–Crippen LogP) is 3.15. The molecule has 0 amide bonds. The molecule has 0 saturated heterocycles. The molecule has 0 fully saturated rings. The number of rotatable bonds is 33. The van der Waals surface area contributed by atoms with Crippen molar-refractivity contribution in [1.82, 2.24) is 0 Å². The molecule has 0 aliphatic carbocycles. The normalized spacial score (nSPS) is 11.1. The van der Waals surface area contributed by atoms with E-state index in [1.807, 2.05) is 12.1 Å². The van der Waals surface area contributed by atoms with Crippen LogP contribution in [0.4, 0.5) is 0 Å². The van der Waals surface area contributed by atoms with Gasteiger partial charge in [0.25, 0.3) is 0 Å². The van der Waals surface area contributed by atoms with Gasteiger partial charge >= 0.3 is 0 Å². The van der Waals surface area contributed by atoms with Gasteiger partial charge in [0.2, 0.25) is 5.75 Å². The zero-order valence-corrected chi connectivity index (χ0v) is 28.7. The number of phenols is 1. The van der Waals surface area contributed by atoms with Crippen LogP contribution in [-0.2, 0) is 49.2 Å². The molecule has 0 aliphatic rings. The number of benzene rings is 2. The lowest BCUT2D eigenvalue weighted by Crippen LogP contribution is -2.16. The molecule has 0 radical (unpaired) electrons. The summed E-state index contributed by atoms with van der Waals surface area (Å²) in [6.07, 6.45) is 0. The van der Waals surface area contributed by atoms with E-state index in [-0.39, 0.29) is 32.2 Å². The summed E-state index contributed by atoms with van der Waals surface area (Å²) < 4.78 is 72.6. The van der Waals surface area contributed by atoms with Crippen molar-refractivity contribution in [2.45, 2.75) is 6.61 Å². The molecule has 0 heterocycles. The monoisotopic (exact) mass is 686 g/mol. The number of phenolic OH excluding ortho intramolecular Hbond substituents is 1. The van der Waals surface area contributed by atoms with E-state index in [4.69, 9.17) is 61.6 Å². The van der Waals surface area contributed by atoms with Gasteiger partial charge in [0, 0.05) is 21.3 Å². The van der Waals surface area contributed by atoms with Crippen molar-refractivity contribution in [1.29, 1.82) is 0 Å². The summed E-state index contributed by atoms with van der Waals surface area (Å²) in [7, 11) is 4.89. The van der Waals surface area contributed by atoms with Crippen molar-refractivity contribution < 1.29 is 66.7 Å². The minimum absolute atomic E-state index is 0.158. The van der Waals surface area contributed by atoms with Crippen LogP contribution in [0.3, 0.4) is 0 Å². The van der Waals surface area contributed by atoms with Gasteiger partial charge in [-0.25, -0.2) is 0 Å². The second-order valence-electron chi connectivity index (χ2n) is 9.90. The van der Waals surface area contributed by atoms with Crippen LogP contribution < -0.4 is 18.9 Å². The highest BCUT2D eigenvalue weighted by atomic mass is 16.6. The third-order valence-electron chi connectivity index (χ3n) is 6.18. The van der Waals surface area contributed by atoms with Crippen LogP contribution in [0.25, 0.3) is 0 Å². The Hall–Kier alpha value is -2.92.